The molecule has 0 radical (unpaired) electrons. The van der Waals surface area contributed by atoms with Crippen LogP contribution in [0.1, 0.15) is 39.5 Å². The van der Waals surface area contributed by atoms with Crippen LogP contribution < -0.4 is 5.32 Å². The number of Topliss-reactive ketones (excluding diaryl/α,β-unsaturated/α-hetero) is 1. The van der Waals surface area contributed by atoms with Crippen molar-refractivity contribution in [1.29, 1.82) is 0 Å². The van der Waals surface area contributed by atoms with Crippen molar-refractivity contribution in [1.82, 2.24) is 5.32 Å². The van der Waals surface area contributed by atoms with E-state index in [1.807, 2.05) is 6.92 Å². The zero-order valence-corrected chi connectivity index (χ0v) is 9.36. The highest BCUT2D eigenvalue weighted by Gasteiger charge is 2.40. The second kappa shape index (κ2) is 6.50. The van der Waals surface area contributed by atoms with Crippen molar-refractivity contribution in [3.05, 3.63) is 0 Å². The van der Waals surface area contributed by atoms with E-state index in [9.17, 15) is 22.8 Å². The number of ketones is 1. The van der Waals surface area contributed by atoms with Crippen molar-refractivity contribution in [2.24, 2.45) is 0 Å². The quantitative estimate of drug-likeness (QED) is 0.722. The molecule has 0 aromatic heterocycles. The van der Waals surface area contributed by atoms with Crippen molar-refractivity contribution >= 4 is 11.7 Å². The minimum atomic E-state index is -4.93. The molecule has 1 atom stereocenters. The molecule has 0 saturated carbocycles. The van der Waals surface area contributed by atoms with E-state index in [1.54, 1.807) is 5.32 Å². The van der Waals surface area contributed by atoms with Crippen LogP contribution in [0.25, 0.3) is 0 Å². The highest BCUT2D eigenvalue weighted by molar-refractivity contribution is 5.89. The lowest BCUT2D eigenvalue weighted by atomic mass is 10.1. The molecule has 0 fully saturated rings. The number of nitrogens with one attached hydrogen (secondary N) is 1. The van der Waals surface area contributed by atoms with Gasteiger partial charge in [-0.15, -0.1) is 0 Å². The summed E-state index contributed by atoms with van der Waals surface area (Å²) in [5, 5.41) is 1.70. The van der Waals surface area contributed by atoms with Gasteiger partial charge in [0.1, 0.15) is 0 Å². The molecule has 0 aliphatic carbocycles. The molecule has 94 valence electrons. The lowest BCUT2D eigenvalue weighted by Crippen LogP contribution is -2.46. The average Bonchev–Trinajstić information content (AvgIpc) is 2.14. The third-order valence-electron chi connectivity index (χ3n) is 2.15. The Balaban J connectivity index is 4.24. The summed E-state index contributed by atoms with van der Waals surface area (Å²) in [4.78, 5) is 21.6. The first-order valence-electron chi connectivity index (χ1n) is 5.17. The van der Waals surface area contributed by atoms with Crippen molar-refractivity contribution in [2.45, 2.75) is 51.7 Å². The lowest BCUT2D eigenvalue weighted by Gasteiger charge is -2.16. The SMILES string of the molecule is CCCCCC(NC(=O)C(F)(F)F)C(C)=O. The summed E-state index contributed by atoms with van der Waals surface area (Å²) in [5.41, 5.74) is 0. The van der Waals surface area contributed by atoms with Crippen LogP contribution in [-0.2, 0) is 9.59 Å². The van der Waals surface area contributed by atoms with E-state index < -0.39 is 23.9 Å². The number of halogens is 3. The number of carbonyl (C=O) groups is 2. The Morgan fingerprint density at radius 3 is 2.19 bits per heavy atom. The van der Waals surface area contributed by atoms with Gasteiger partial charge in [0.25, 0.3) is 0 Å². The van der Waals surface area contributed by atoms with Crippen molar-refractivity contribution in [2.75, 3.05) is 0 Å². The molecule has 1 unspecified atom stereocenters. The number of hydrogen-bond donors (Lipinski definition) is 1. The number of unbranched alkanes of at least 4 members (excludes halogenated alkanes) is 2. The molecule has 3 nitrogen and oxygen atoms in total. The van der Waals surface area contributed by atoms with E-state index in [0.29, 0.717) is 6.42 Å². The number of rotatable bonds is 6. The van der Waals surface area contributed by atoms with E-state index in [2.05, 4.69) is 0 Å². The standard InChI is InChI=1S/C10H16F3NO2/c1-3-4-5-6-8(7(2)15)14-9(16)10(11,12)13/h8H,3-6H2,1-2H3,(H,14,16). The number of carbonyl (C=O) groups excluding carboxylic acids is 2. The molecule has 6 heteroatoms. The van der Waals surface area contributed by atoms with E-state index in [-0.39, 0.29) is 6.42 Å². The normalized spacial score (nSPS) is 13.3. The van der Waals surface area contributed by atoms with E-state index in [4.69, 9.17) is 0 Å². The van der Waals surface area contributed by atoms with Gasteiger partial charge in [0.15, 0.2) is 5.78 Å². The average molecular weight is 239 g/mol. The van der Waals surface area contributed by atoms with E-state index in [1.165, 1.54) is 6.92 Å². The molecule has 0 aliphatic rings. The lowest BCUT2D eigenvalue weighted by molar-refractivity contribution is -0.174. The Labute approximate surface area is 92.4 Å². The molecule has 0 rings (SSSR count). The minimum Gasteiger partial charge on any atom is -0.338 e. The predicted molar refractivity (Wildman–Crippen MR) is 52.8 cm³/mol. The third kappa shape index (κ3) is 5.72. The number of hydrogen-bond acceptors (Lipinski definition) is 2. The largest absolute Gasteiger partial charge is 0.471 e. The van der Waals surface area contributed by atoms with Gasteiger partial charge < -0.3 is 5.32 Å². The molecular formula is C10H16F3NO2. The first-order chi connectivity index (χ1) is 7.29. The van der Waals surface area contributed by atoms with Crippen LogP contribution in [-0.4, -0.2) is 23.9 Å². The molecule has 16 heavy (non-hydrogen) atoms. The molecule has 0 aromatic rings. The Morgan fingerprint density at radius 2 is 1.81 bits per heavy atom. The maximum Gasteiger partial charge on any atom is 0.471 e. The predicted octanol–water partition coefficient (Wildman–Crippen LogP) is 2.20. The van der Waals surface area contributed by atoms with Gasteiger partial charge >= 0.3 is 12.1 Å². The fraction of sp³-hybridized carbons (Fsp3) is 0.800. The van der Waals surface area contributed by atoms with Crippen LogP contribution in [0.5, 0.6) is 0 Å². The topological polar surface area (TPSA) is 46.2 Å². The van der Waals surface area contributed by atoms with Crippen LogP contribution in [0.4, 0.5) is 13.2 Å². The van der Waals surface area contributed by atoms with Gasteiger partial charge in [-0.05, 0) is 13.3 Å². The van der Waals surface area contributed by atoms with Crippen molar-refractivity contribution in [3.63, 3.8) is 0 Å². The molecule has 0 bridgehead atoms. The summed E-state index contributed by atoms with van der Waals surface area (Å²) >= 11 is 0. The summed E-state index contributed by atoms with van der Waals surface area (Å²) in [6.07, 6.45) is -2.33. The van der Waals surface area contributed by atoms with Crippen LogP contribution in [0, 0.1) is 0 Å². The zero-order valence-electron chi connectivity index (χ0n) is 9.36. The van der Waals surface area contributed by atoms with Crippen LogP contribution in [0.15, 0.2) is 0 Å². The fourth-order valence-corrected chi connectivity index (χ4v) is 1.22. The molecule has 0 saturated heterocycles. The Kier molecular flexibility index (Phi) is 6.06. The van der Waals surface area contributed by atoms with Gasteiger partial charge in [0.05, 0.1) is 6.04 Å². The maximum atomic E-state index is 11.9. The highest BCUT2D eigenvalue weighted by Crippen LogP contribution is 2.15. The third-order valence-corrected chi connectivity index (χ3v) is 2.15. The van der Waals surface area contributed by atoms with Gasteiger partial charge in [-0.2, -0.15) is 13.2 Å². The second-order valence-electron chi connectivity index (χ2n) is 3.63. The maximum absolute atomic E-state index is 11.9. The molecule has 0 aliphatic heterocycles. The molecule has 1 amide bonds. The van der Waals surface area contributed by atoms with Gasteiger partial charge in [-0.1, -0.05) is 26.2 Å². The van der Waals surface area contributed by atoms with Crippen molar-refractivity contribution in [3.8, 4) is 0 Å². The molecule has 1 N–H and O–H groups in total. The second-order valence-corrected chi connectivity index (χ2v) is 3.63. The van der Waals surface area contributed by atoms with E-state index in [0.717, 1.165) is 12.8 Å². The number of amides is 1. The van der Waals surface area contributed by atoms with Gasteiger partial charge in [-0.3, -0.25) is 9.59 Å². The van der Waals surface area contributed by atoms with Crippen molar-refractivity contribution < 1.29 is 22.8 Å². The minimum absolute atomic E-state index is 0.255. The monoisotopic (exact) mass is 239 g/mol. The summed E-state index contributed by atoms with van der Waals surface area (Å²) in [6.45, 7) is 3.12. The zero-order chi connectivity index (χ0) is 12.8. The van der Waals surface area contributed by atoms with Crippen LogP contribution in [0.2, 0.25) is 0 Å². The van der Waals surface area contributed by atoms with Gasteiger partial charge in [0.2, 0.25) is 0 Å². The molecule has 0 spiro atoms. The smallest absolute Gasteiger partial charge is 0.338 e. The molecule has 0 heterocycles. The summed E-state index contributed by atoms with van der Waals surface area (Å²) < 4.78 is 35.8. The van der Waals surface area contributed by atoms with Gasteiger partial charge in [-0.25, -0.2) is 0 Å². The highest BCUT2D eigenvalue weighted by atomic mass is 19.4. The first-order valence-corrected chi connectivity index (χ1v) is 5.17. The Morgan fingerprint density at radius 1 is 1.25 bits per heavy atom. The summed E-state index contributed by atoms with van der Waals surface area (Å²) in [6, 6.07) is -1.03. The number of alkyl halides is 3. The molecule has 0 aromatic carbocycles. The summed E-state index contributed by atoms with van der Waals surface area (Å²) in [7, 11) is 0. The summed E-state index contributed by atoms with van der Waals surface area (Å²) in [5.74, 6) is -2.50. The van der Waals surface area contributed by atoms with E-state index >= 15 is 0 Å². The van der Waals surface area contributed by atoms with Crippen LogP contribution in [0.3, 0.4) is 0 Å². The Bertz CT molecular complexity index is 251. The Hall–Kier alpha value is -1.07. The first kappa shape index (κ1) is 14.9. The fourth-order valence-electron chi connectivity index (χ4n) is 1.22. The van der Waals surface area contributed by atoms with Crippen LogP contribution >= 0.6 is 0 Å². The molecular weight excluding hydrogens is 223 g/mol. The van der Waals surface area contributed by atoms with Gasteiger partial charge in [0, 0.05) is 0 Å².